The quantitative estimate of drug-likeness (QED) is 0.250. The minimum Gasteiger partial charge on any atom is -0.548 e. The van der Waals surface area contributed by atoms with Gasteiger partial charge in [0.15, 0.2) is 0 Å². The molecule has 0 unspecified atom stereocenters. The second kappa shape index (κ2) is 10.6. The van der Waals surface area contributed by atoms with E-state index in [0.29, 0.717) is 0 Å². The Morgan fingerprint density at radius 1 is 0.857 bits per heavy atom. The van der Waals surface area contributed by atoms with Gasteiger partial charge in [0, 0.05) is 0 Å². The molecule has 120 valence electrons. The van der Waals surface area contributed by atoms with E-state index in [1.807, 2.05) is 0 Å². The zero-order valence-electron chi connectivity index (χ0n) is 10.4. The van der Waals surface area contributed by atoms with E-state index in [1.54, 1.807) is 0 Å². The summed E-state index contributed by atoms with van der Waals surface area (Å²) >= 11 is 0. The van der Waals surface area contributed by atoms with Gasteiger partial charge >= 0.3 is 37.7 Å². The standard InChI is InChI=1S/2C3H7NO5S.Ca/c2*4-2(3(5)6)1-10(7,8)9;/h2*2H,1,4H2,(H,5,6)(H,7,8,9);/q;;+2/p-2/t2*2-;/m00./s1. The predicted octanol–water partition coefficient (Wildman–Crippen LogP) is -6.48. The molecule has 0 saturated heterocycles. The number of hydrogen-bond acceptors (Lipinski definition) is 10. The van der Waals surface area contributed by atoms with Crippen molar-refractivity contribution < 1.29 is 45.7 Å². The fraction of sp³-hybridized carbons (Fsp3) is 0.667. The van der Waals surface area contributed by atoms with Gasteiger partial charge in [-0.25, -0.2) is 0 Å². The molecule has 0 fully saturated rings. The molecule has 0 saturated carbocycles. The van der Waals surface area contributed by atoms with Crippen LogP contribution in [0.1, 0.15) is 0 Å². The zero-order chi connectivity index (χ0) is 16.7. The Balaban J connectivity index is -0.000000295. The number of aliphatic carboxylic acids is 2. The Morgan fingerprint density at radius 3 is 1.10 bits per heavy atom. The number of hydrogen-bond donors (Lipinski definition) is 4. The molecular weight excluding hydrogens is 364 g/mol. The molecule has 0 radical (unpaired) electrons. The molecule has 0 aliphatic rings. The minimum atomic E-state index is -4.31. The minimum absolute atomic E-state index is 0. The molecular formula is C6H12CaN2O10S2. The van der Waals surface area contributed by atoms with Crippen molar-refractivity contribution in [3.05, 3.63) is 0 Å². The number of carboxylic acid groups (broad SMARTS) is 2. The first kappa shape index (κ1) is 25.9. The molecule has 0 aromatic heterocycles. The van der Waals surface area contributed by atoms with Gasteiger partial charge in [-0.05, 0) is 0 Å². The molecule has 0 aromatic rings. The van der Waals surface area contributed by atoms with Crippen molar-refractivity contribution in [2.75, 3.05) is 11.5 Å². The molecule has 0 aliphatic carbocycles. The molecule has 2 atom stereocenters. The summed E-state index contributed by atoms with van der Waals surface area (Å²) in [5.41, 5.74) is 9.40. The fourth-order valence-corrected chi connectivity index (χ4v) is 1.77. The summed E-state index contributed by atoms with van der Waals surface area (Å²) in [5, 5.41) is 19.5. The first-order valence-electron chi connectivity index (χ1n) is 4.49. The Bertz CT molecular complexity index is 494. The number of carbonyl (C=O) groups is 2. The van der Waals surface area contributed by atoms with Gasteiger partial charge in [0.25, 0.3) is 20.2 Å². The Morgan fingerprint density at radius 2 is 1.05 bits per heavy atom. The normalized spacial score (nSPS) is 13.9. The van der Waals surface area contributed by atoms with Crippen LogP contribution >= 0.6 is 0 Å². The van der Waals surface area contributed by atoms with Crippen LogP contribution in [0.5, 0.6) is 0 Å². The summed E-state index contributed by atoms with van der Waals surface area (Å²) in [4.78, 5) is 19.5. The molecule has 15 heteroatoms. The molecule has 12 nitrogen and oxygen atoms in total. The summed E-state index contributed by atoms with van der Waals surface area (Å²) in [6, 6.07) is -3.34. The first-order valence-corrected chi connectivity index (χ1v) is 7.70. The third-order valence-electron chi connectivity index (χ3n) is 1.39. The monoisotopic (exact) mass is 376 g/mol. The maximum atomic E-state index is 9.93. The predicted molar refractivity (Wildman–Crippen MR) is 64.6 cm³/mol. The van der Waals surface area contributed by atoms with Crippen molar-refractivity contribution in [3.63, 3.8) is 0 Å². The van der Waals surface area contributed by atoms with Crippen molar-refractivity contribution in [2.45, 2.75) is 12.1 Å². The van der Waals surface area contributed by atoms with E-state index < -0.39 is 55.8 Å². The second-order valence-corrected chi connectivity index (χ2v) is 6.34. The third kappa shape index (κ3) is 19.9. The molecule has 0 heterocycles. The number of carbonyl (C=O) groups excluding carboxylic acids is 2. The van der Waals surface area contributed by atoms with Crippen LogP contribution in [0.15, 0.2) is 0 Å². The average molecular weight is 376 g/mol. The maximum absolute atomic E-state index is 9.93. The smallest absolute Gasteiger partial charge is 0.548 e. The van der Waals surface area contributed by atoms with E-state index in [9.17, 15) is 36.6 Å². The van der Waals surface area contributed by atoms with Crippen LogP contribution in [0.25, 0.3) is 0 Å². The summed E-state index contributed by atoms with van der Waals surface area (Å²) in [6.45, 7) is 0. The maximum Gasteiger partial charge on any atom is 2.00 e. The zero-order valence-corrected chi connectivity index (χ0v) is 14.2. The van der Waals surface area contributed by atoms with E-state index in [4.69, 9.17) is 20.6 Å². The molecule has 0 aromatic carbocycles. The molecule has 0 rings (SSSR count). The van der Waals surface area contributed by atoms with Crippen molar-refractivity contribution in [1.82, 2.24) is 0 Å². The molecule has 0 aliphatic heterocycles. The van der Waals surface area contributed by atoms with E-state index in [-0.39, 0.29) is 37.7 Å². The average Bonchev–Trinajstić information content (AvgIpc) is 2.12. The van der Waals surface area contributed by atoms with E-state index >= 15 is 0 Å². The van der Waals surface area contributed by atoms with Gasteiger partial charge in [-0.3, -0.25) is 9.11 Å². The number of nitrogens with two attached hydrogens (primary N) is 2. The van der Waals surface area contributed by atoms with Crippen molar-refractivity contribution >= 4 is 69.9 Å². The number of rotatable bonds is 6. The van der Waals surface area contributed by atoms with Gasteiger partial charge in [-0.1, -0.05) is 0 Å². The Labute approximate surface area is 150 Å². The van der Waals surface area contributed by atoms with Gasteiger partial charge in [0.2, 0.25) is 0 Å². The van der Waals surface area contributed by atoms with Gasteiger partial charge in [-0.15, -0.1) is 0 Å². The number of carboxylic acids is 2. The van der Waals surface area contributed by atoms with Crippen LogP contribution in [0, 0.1) is 0 Å². The fourth-order valence-electron chi connectivity index (χ4n) is 0.590. The summed E-state index contributed by atoms with van der Waals surface area (Å²) in [6.07, 6.45) is 0. The van der Waals surface area contributed by atoms with Gasteiger partial charge in [0.05, 0.1) is 35.5 Å². The molecule has 0 amide bonds. The third-order valence-corrected chi connectivity index (χ3v) is 2.95. The van der Waals surface area contributed by atoms with Crippen LogP contribution in [0.2, 0.25) is 0 Å². The van der Waals surface area contributed by atoms with Crippen LogP contribution in [0.4, 0.5) is 0 Å². The van der Waals surface area contributed by atoms with Crippen molar-refractivity contribution in [2.24, 2.45) is 11.5 Å². The van der Waals surface area contributed by atoms with Crippen LogP contribution in [0.3, 0.4) is 0 Å². The largest absolute Gasteiger partial charge is 2.00 e. The molecule has 0 bridgehead atoms. The van der Waals surface area contributed by atoms with Crippen LogP contribution in [-0.4, -0.2) is 99.2 Å². The van der Waals surface area contributed by atoms with E-state index in [0.717, 1.165) is 0 Å². The van der Waals surface area contributed by atoms with Crippen molar-refractivity contribution in [1.29, 1.82) is 0 Å². The molecule has 21 heavy (non-hydrogen) atoms. The van der Waals surface area contributed by atoms with E-state index in [2.05, 4.69) is 0 Å². The summed E-state index contributed by atoms with van der Waals surface area (Å²) in [5.74, 6) is -5.46. The topological polar surface area (TPSA) is 241 Å². The van der Waals surface area contributed by atoms with Crippen molar-refractivity contribution in [3.8, 4) is 0 Å². The van der Waals surface area contributed by atoms with Gasteiger partial charge in [-0.2, -0.15) is 16.8 Å². The van der Waals surface area contributed by atoms with Gasteiger partial charge in [0.1, 0.15) is 0 Å². The van der Waals surface area contributed by atoms with Crippen LogP contribution in [-0.2, 0) is 29.8 Å². The Hall–Kier alpha value is -0.0603. The first-order chi connectivity index (χ1) is 8.65. The SMILES string of the molecule is N[C@@H](CS(=O)(=O)O)C(=O)[O-].N[C@@H](CS(=O)(=O)O)C(=O)[O-].[Ca+2]. The summed E-state index contributed by atoms with van der Waals surface area (Å²) in [7, 11) is -8.63. The Kier molecular flexibility index (Phi) is 13.1. The molecule has 6 N–H and O–H groups in total. The van der Waals surface area contributed by atoms with E-state index in [1.165, 1.54) is 0 Å². The van der Waals surface area contributed by atoms with Crippen LogP contribution < -0.4 is 21.7 Å². The van der Waals surface area contributed by atoms with Gasteiger partial charge < -0.3 is 31.3 Å². The second-order valence-electron chi connectivity index (χ2n) is 3.35. The summed E-state index contributed by atoms with van der Waals surface area (Å²) < 4.78 is 55.8. The molecule has 0 spiro atoms.